The van der Waals surface area contributed by atoms with E-state index in [1.807, 2.05) is 36.0 Å². The summed E-state index contributed by atoms with van der Waals surface area (Å²) >= 11 is 0. The van der Waals surface area contributed by atoms with Gasteiger partial charge in [-0.3, -0.25) is 9.48 Å². The fourth-order valence-electron chi connectivity index (χ4n) is 3.89. The molecule has 1 aliphatic rings. The minimum atomic E-state index is -0.300. The summed E-state index contributed by atoms with van der Waals surface area (Å²) < 4.78 is 14.5. The first kappa shape index (κ1) is 23.4. The van der Waals surface area contributed by atoms with Gasteiger partial charge in [-0.15, -0.1) is 0 Å². The number of piperidine rings is 1. The highest BCUT2D eigenvalue weighted by Crippen LogP contribution is 2.25. The van der Waals surface area contributed by atoms with Crippen LogP contribution >= 0.6 is 0 Å². The highest BCUT2D eigenvalue weighted by atomic mass is 19.1. The third-order valence-electron chi connectivity index (χ3n) is 5.74. The molecule has 2 aromatic heterocycles. The Morgan fingerprint density at radius 2 is 2.00 bits per heavy atom. The maximum atomic E-state index is 12.6. The van der Waals surface area contributed by atoms with Crippen molar-refractivity contribution < 1.29 is 9.18 Å². The summed E-state index contributed by atoms with van der Waals surface area (Å²) in [4.78, 5) is 22.7. The Morgan fingerprint density at radius 1 is 1.21 bits per heavy atom. The molecule has 3 aromatic rings. The number of halogens is 1. The average molecular weight is 465 g/mol. The second-order valence-electron chi connectivity index (χ2n) is 8.22. The number of carbonyl (C=O) groups is 1. The number of rotatable bonds is 9. The number of aryl methyl sites for hydroxylation is 1. The van der Waals surface area contributed by atoms with Gasteiger partial charge in [-0.1, -0.05) is 12.6 Å². The molecule has 0 aliphatic carbocycles. The first-order valence-corrected chi connectivity index (χ1v) is 11.3. The molecule has 0 atom stereocenters. The third-order valence-corrected chi connectivity index (χ3v) is 5.74. The summed E-state index contributed by atoms with van der Waals surface area (Å²) in [7, 11) is 0. The lowest BCUT2D eigenvalue weighted by molar-refractivity contribution is -0.111. The number of alkyl halides is 1. The van der Waals surface area contributed by atoms with E-state index in [-0.39, 0.29) is 12.6 Å². The molecule has 34 heavy (non-hydrogen) atoms. The predicted molar refractivity (Wildman–Crippen MR) is 132 cm³/mol. The number of aromatic nitrogens is 4. The Balaban J connectivity index is 1.41. The molecule has 1 aromatic carbocycles. The van der Waals surface area contributed by atoms with Gasteiger partial charge in [-0.05, 0) is 44.0 Å². The maximum Gasteiger partial charge on any atom is 0.247 e. The monoisotopic (exact) mass is 464 g/mol. The fraction of sp³-hybridized carbons (Fsp3) is 0.333. The van der Waals surface area contributed by atoms with Crippen LogP contribution < -0.4 is 16.0 Å². The van der Waals surface area contributed by atoms with Gasteiger partial charge in [0.2, 0.25) is 11.9 Å². The number of amides is 1. The Labute approximate surface area is 198 Å². The van der Waals surface area contributed by atoms with Crippen LogP contribution in [0.25, 0.3) is 0 Å². The molecule has 1 aliphatic heterocycles. The van der Waals surface area contributed by atoms with Crippen LogP contribution in [-0.4, -0.2) is 56.9 Å². The van der Waals surface area contributed by atoms with Crippen molar-refractivity contribution in [2.75, 3.05) is 42.3 Å². The maximum absolute atomic E-state index is 12.6. The number of anilines is 5. The molecule has 178 valence electrons. The molecule has 0 radical (unpaired) electrons. The zero-order chi connectivity index (χ0) is 23.9. The molecule has 1 saturated heterocycles. The van der Waals surface area contributed by atoms with Crippen molar-refractivity contribution in [1.82, 2.24) is 24.6 Å². The topological polar surface area (TPSA) is 100 Å². The van der Waals surface area contributed by atoms with E-state index in [4.69, 9.17) is 0 Å². The van der Waals surface area contributed by atoms with Gasteiger partial charge in [-0.25, -0.2) is 9.37 Å². The molecule has 1 fully saturated rings. The normalized spacial score (nSPS) is 14.5. The van der Waals surface area contributed by atoms with Crippen LogP contribution in [0.2, 0.25) is 0 Å². The van der Waals surface area contributed by atoms with Crippen LogP contribution in [-0.2, 0) is 4.79 Å². The van der Waals surface area contributed by atoms with E-state index >= 15 is 0 Å². The van der Waals surface area contributed by atoms with E-state index in [1.165, 1.54) is 6.08 Å². The van der Waals surface area contributed by atoms with Gasteiger partial charge >= 0.3 is 0 Å². The Hall–Kier alpha value is -3.79. The smallest absolute Gasteiger partial charge is 0.247 e. The van der Waals surface area contributed by atoms with Gasteiger partial charge in [0, 0.05) is 49.0 Å². The van der Waals surface area contributed by atoms with Crippen molar-refractivity contribution in [2.24, 2.45) is 0 Å². The summed E-state index contributed by atoms with van der Waals surface area (Å²) in [5.74, 6) is 0.826. The van der Waals surface area contributed by atoms with Crippen LogP contribution in [0.15, 0.2) is 55.5 Å². The summed E-state index contributed by atoms with van der Waals surface area (Å²) in [6.07, 6.45) is 8.58. The summed E-state index contributed by atoms with van der Waals surface area (Å²) in [5, 5.41) is 13.7. The SMILES string of the molecule is C=CC(=O)Nc1cccc(Nc2nc(Nc3cnn(C4CCN(CCF)CC4)c3)ncc2C)c1. The lowest BCUT2D eigenvalue weighted by Crippen LogP contribution is -2.36. The lowest BCUT2D eigenvalue weighted by Gasteiger charge is -2.31. The first-order chi connectivity index (χ1) is 16.5. The quantitative estimate of drug-likeness (QED) is 0.408. The molecule has 3 heterocycles. The van der Waals surface area contributed by atoms with Gasteiger partial charge in [0.25, 0.3) is 0 Å². The van der Waals surface area contributed by atoms with Gasteiger partial charge in [-0.2, -0.15) is 10.1 Å². The Morgan fingerprint density at radius 3 is 2.76 bits per heavy atom. The van der Waals surface area contributed by atoms with Crippen molar-refractivity contribution >= 4 is 34.7 Å². The van der Waals surface area contributed by atoms with Crippen LogP contribution in [0, 0.1) is 6.92 Å². The zero-order valence-electron chi connectivity index (χ0n) is 19.2. The largest absolute Gasteiger partial charge is 0.340 e. The lowest BCUT2D eigenvalue weighted by atomic mass is 10.1. The van der Waals surface area contributed by atoms with E-state index in [9.17, 15) is 9.18 Å². The molecule has 0 bridgehead atoms. The van der Waals surface area contributed by atoms with Gasteiger partial charge in [0.1, 0.15) is 12.5 Å². The van der Waals surface area contributed by atoms with Gasteiger partial charge < -0.3 is 20.9 Å². The number of benzene rings is 1. The van der Waals surface area contributed by atoms with Crippen LogP contribution in [0.5, 0.6) is 0 Å². The number of nitrogens with one attached hydrogen (secondary N) is 3. The van der Waals surface area contributed by atoms with Crippen molar-refractivity contribution in [3.05, 3.63) is 61.1 Å². The summed E-state index contributed by atoms with van der Waals surface area (Å²) in [6, 6.07) is 7.65. The Bertz CT molecular complexity index is 1140. The Kier molecular flexibility index (Phi) is 7.48. The molecule has 4 rings (SSSR count). The van der Waals surface area contributed by atoms with Crippen molar-refractivity contribution in [3.63, 3.8) is 0 Å². The van der Waals surface area contributed by atoms with E-state index in [2.05, 4.69) is 42.5 Å². The number of nitrogens with zero attached hydrogens (tertiary/aromatic N) is 5. The summed E-state index contributed by atoms with van der Waals surface area (Å²) in [6.45, 7) is 7.36. The van der Waals surface area contributed by atoms with E-state index in [1.54, 1.807) is 18.5 Å². The number of likely N-dealkylation sites (tertiary alicyclic amines) is 1. The molecule has 1 amide bonds. The second kappa shape index (κ2) is 10.9. The predicted octanol–water partition coefficient (Wildman–Crippen LogP) is 4.20. The molecule has 9 nitrogen and oxygen atoms in total. The molecular formula is C24H29FN8O. The number of hydrogen-bond donors (Lipinski definition) is 3. The van der Waals surface area contributed by atoms with Crippen molar-refractivity contribution in [3.8, 4) is 0 Å². The standard InChI is InChI=1S/C24H29FN8O/c1-3-22(34)28-18-5-4-6-19(13-18)29-23-17(2)14-26-24(31-23)30-20-15-27-33(16-20)21-7-10-32(11-8-21)12-9-25/h3-6,13-16,21H,1,7-12H2,2H3,(H,28,34)(H2,26,29,30,31). The van der Waals surface area contributed by atoms with Crippen LogP contribution in [0.3, 0.4) is 0 Å². The second-order valence-corrected chi connectivity index (χ2v) is 8.22. The highest BCUT2D eigenvalue weighted by Gasteiger charge is 2.21. The first-order valence-electron chi connectivity index (χ1n) is 11.3. The van der Waals surface area contributed by atoms with Crippen LogP contribution in [0.4, 0.5) is 33.2 Å². The third kappa shape index (κ3) is 5.96. The molecule has 10 heteroatoms. The van der Waals surface area contributed by atoms with E-state index in [0.717, 1.165) is 42.9 Å². The fourth-order valence-corrected chi connectivity index (χ4v) is 3.89. The molecule has 3 N–H and O–H groups in total. The van der Waals surface area contributed by atoms with E-state index < -0.39 is 0 Å². The van der Waals surface area contributed by atoms with Crippen molar-refractivity contribution in [1.29, 1.82) is 0 Å². The molecule has 0 spiro atoms. The van der Waals surface area contributed by atoms with E-state index in [0.29, 0.717) is 30.0 Å². The summed E-state index contributed by atoms with van der Waals surface area (Å²) in [5.41, 5.74) is 3.11. The average Bonchev–Trinajstić information content (AvgIpc) is 3.30. The minimum absolute atomic E-state index is 0.271. The number of carbonyl (C=O) groups excluding carboxylic acids is 1. The van der Waals surface area contributed by atoms with Gasteiger partial charge in [0.05, 0.1) is 17.9 Å². The zero-order valence-corrected chi connectivity index (χ0v) is 19.2. The molecule has 0 saturated carbocycles. The molecular weight excluding hydrogens is 435 g/mol. The van der Waals surface area contributed by atoms with Crippen molar-refractivity contribution in [2.45, 2.75) is 25.8 Å². The van der Waals surface area contributed by atoms with Crippen LogP contribution in [0.1, 0.15) is 24.4 Å². The van der Waals surface area contributed by atoms with Gasteiger partial charge in [0.15, 0.2) is 0 Å². The minimum Gasteiger partial charge on any atom is -0.340 e. The number of hydrogen-bond acceptors (Lipinski definition) is 7. The highest BCUT2D eigenvalue weighted by molar-refractivity contribution is 5.99. The molecule has 0 unspecified atom stereocenters.